The van der Waals surface area contributed by atoms with Gasteiger partial charge in [-0.05, 0) is 0 Å². The van der Waals surface area contributed by atoms with Crippen molar-refractivity contribution in [2.45, 2.75) is 0 Å². The van der Waals surface area contributed by atoms with E-state index in [4.69, 9.17) is 0 Å². The zero-order valence-electron chi connectivity index (χ0n) is 3.14. The first kappa shape index (κ1) is 6.80. The average Bonchev–Trinajstić information content (AvgIpc) is 1.86. The molecule has 1 aliphatic rings. The van der Waals surface area contributed by atoms with Gasteiger partial charge in [-0.3, -0.25) is 0 Å². The summed E-state index contributed by atoms with van der Waals surface area (Å²) in [6.07, 6.45) is -0.546. The van der Waals surface area contributed by atoms with E-state index in [1.165, 1.54) is 0 Å². The molecule has 1 rings (SSSR count). The van der Waals surface area contributed by atoms with E-state index in [0.29, 0.717) is 13.2 Å². The molecule has 4 heteroatoms. The fourth-order valence-corrected chi connectivity index (χ4v) is 0.292. The number of carbonyl (C=O) groups is 1. The first-order valence-electron chi connectivity index (χ1n) is 1.69. The molecule has 0 saturated carbocycles. The Hall–Kier alpha value is -0.198. The van der Waals surface area contributed by atoms with Crippen molar-refractivity contribution >= 4 is 23.5 Å². The Balaban J connectivity index is 0.000000360. The molecule has 0 aromatic heterocycles. The van der Waals surface area contributed by atoms with Gasteiger partial charge >= 0.3 is 6.16 Å². The van der Waals surface area contributed by atoms with Gasteiger partial charge in [-0.1, -0.05) is 0 Å². The summed E-state index contributed by atoms with van der Waals surface area (Å²) in [6.45, 7) is 0.831. The van der Waals surface area contributed by atoms with Crippen molar-refractivity contribution in [2.24, 2.45) is 0 Å². The van der Waals surface area contributed by atoms with Gasteiger partial charge in [0, 0.05) is 0 Å². The Morgan fingerprint density at radius 1 is 1.29 bits per heavy atom. The van der Waals surface area contributed by atoms with Crippen LogP contribution in [-0.4, -0.2) is 36.7 Å². The fraction of sp³-hybridized carbons (Fsp3) is 0.667. The van der Waals surface area contributed by atoms with E-state index in [0.717, 1.165) is 0 Å². The summed E-state index contributed by atoms with van der Waals surface area (Å²) in [7, 11) is 0. The highest BCUT2D eigenvalue weighted by atomic mass is 27.0. The number of hydrogen-bond donors (Lipinski definition) is 0. The van der Waals surface area contributed by atoms with Gasteiger partial charge in [-0.2, -0.15) is 0 Å². The Morgan fingerprint density at radius 2 is 1.71 bits per heavy atom. The van der Waals surface area contributed by atoms with Crippen molar-refractivity contribution in [1.29, 1.82) is 0 Å². The third kappa shape index (κ3) is 1.81. The second-order valence-corrected chi connectivity index (χ2v) is 0.947. The first-order valence-corrected chi connectivity index (χ1v) is 1.69. The zero-order valence-corrected chi connectivity index (χ0v) is 3.14. The monoisotopic (exact) mass is 118 g/mol. The van der Waals surface area contributed by atoms with E-state index in [1.807, 2.05) is 0 Å². The molecule has 0 atom stereocenters. The summed E-state index contributed by atoms with van der Waals surface area (Å²) in [4.78, 5) is 9.80. The SMILES string of the molecule is O=C1OCCO1.[AlH3]. The van der Waals surface area contributed by atoms with Crippen LogP contribution < -0.4 is 0 Å². The second kappa shape index (κ2) is 2.89. The average molecular weight is 118 g/mol. The minimum absolute atomic E-state index is 0. The van der Waals surface area contributed by atoms with E-state index in [1.54, 1.807) is 0 Å². The highest BCUT2D eigenvalue weighted by Gasteiger charge is 2.09. The van der Waals surface area contributed by atoms with Gasteiger partial charge < -0.3 is 9.47 Å². The van der Waals surface area contributed by atoms with E-state index < -0.39 is 6.16 Å². The Labute approximate surface area is 51.7 Å². The largest absolute Gasteiger partial charge is 0.508 e. The molecule has 0 aromatic carbocycles. The van der Waals surface area contributed by atoms with Crippen molar-refractivity contribution in [3.8, 4) is 0 Å². The minimum Gasteiger partial charge on any atom is -0.431 e. The van der Waals surface area contributed by atoms with E-state index in [2.05, 4.69) is 9.47 Å². The first-order chi connectivity index (χ1) is 2.89. The Morgan fingerprint density at radius 3 is 1.86 bits per heavy atom. The molecular weight excluding hydrogens is 111 g/mol. The van der Waals surface area contributed by atoms with Gasteiger partial charge in [0.05, 0.1) is 0 Å². The lowest BCUT2D eigenvalue weighted by molar-refractivity contribution is 0.131. The smallest absolute Gasteiger partial charge is 0.431 e. The highest BCUT2D eigenvalue weighted by Crippen LogP contribution is 1.92. The molecule has 3 nitrogen and oxygen atoms in total. The molecule has 0 N–H and O–H groups in total. The van der Waals surface area contributed by atoms with Crippen LogP contribution in [0.2, 0.25) is 0 Å². The molecule has 1 aliphatic heterocycles. The van der Waals surface area contributed by atoms with Crippen molar-refractivity contribution < 1.29 is 14.3 Å². The van der Waals surface area contributed by atoms with Crippen LogP contribution >= 0.6 is 0 Å². The van der Waals surface area contributed by atoms with Crippen molar-refractivity contribution in [3.05, 3.63) is 0 Å². The lowest BCUT2D eigenvalue weighted by atomic mass is 10.8. The van der Waals surface area contributed by atoms with E-state index in [9.17, 15) is 4.79 Å². The molecule has 7 heavy (non-hydrogen) atoms. The Kier molecular flexibility index (Phi) is 2.81. The predicted molar refractivity (Wildman–Crippen MR) is 27.2 cm³/mol. The maximum Gasteiger partial charge on any atom is 0.508 e. The van der Waals surface area contributed by atoms with E-state index in [-0.39, 0.29) is 17.4 Å². The van der Waals surface area contributed by atoms with E-state index >= 15 is 0 Å². The molecule has 0 unspecified atom stereocenters. The van der Waals surface area contributed by atoms with Gasteiger partial charge in [0.1, 0.15) is 13.2 Å². The normalized spacial score (nSPS) is 16.9. The van der Waals surface area contributed by atoms with Crippen LogP contribution in [0.3, 0.4) is 0 Å². The summed E-state index contributed by atoms with van der Waals surface area (Å²) in [5.74, 6) is 0. The van der Waals surface area contributed by atoms with Crippen LogP contribution in [0.25, 0.3) is 0 Å². The fourth-order valence-electron chi connectivity index (χ4n) is 0.292. The van der Waals surface area contributed by atoms with Crippen LogP contribution in [0.5, 0.6) is 0 Å². The van der Waals surface area contributed by atoms with Gasteiger partial charge in [0.15, 0.2) is 17.4 Å². The highest BCUT2D eigenvalue weighted by molar-refractivity contribution is 5.75. The molecule has 1 saturated heterocycles. The minimum atomic E-state index is -0.546. The quantitative estimate of drug-likeness (QED) is 0.301. The zero-order chi connectivity index (χ0) is 4.41. The number of rotatable bonds is 0. The van der Waals surface area contributed by atoms with Gasteiger partial charge in [-0.25, -0.2) is 4.79 Å². The maximum atomic E-state index is 9.80. The standard InChI is InChI=1S/C3H4O3.Al.3H/c4-3-5-1-2-6-3;;;;/h1-2H2;;;;. The van der Waals surface area contributed by atoms with Crippen molar-refractivity contribution in [2.75, 3.05) is 13.2 Å². The molecule has 0 aliphatic carbocycles. The second-order valence-electron chi connectivity index (χ2n) is 0.947. The predicted octanol–water partition coefficient (Wildman–Crippen LogP) is -1.03. The van der Waals surface area contributed by atoms with Crippen LogP contribution in [-0.2, 0) is 9.47 Å². The van der Waals surface area contributed by atoms with Crippen LogP contribution in [0.1, 0.15) is 0 Å². The summed E-state index contributed by atoms with van der Waals surface area (Å²) >= 11 is 0. The van der Waals surface area contributed by atoms with Crippen LogP contribution in [0, 0.1) is 0 Å². The number of cyclic esters (lactones) is 2. The van der Waals surface area contributed by atoms with Gasteiger partial charge in [0.2, 0.25) is 0 Å². The topological polar surface area (TPSA) is 35.5 Å². The lowest BCUT2D eigenvalue weighted by Crippen LogP contribution is -1.88. The maximum absolute atomic E-state index is 9.80. The molecule has 0 aromatic rings. The lowest BCUT2D eigenvalue weighted by Gasteiger charge is -1.78. The van der Waals surface area contributed by atoms with Crippen LogP contribution in [0.15, 0.2) is 0 Å². The number of hydrogen-bond acceptors (Lipinski definition) is 3. The Bertz CT molecular complexity index is 64.6. The third-order valence-corrected chi connectivity index (χ3v) is 0.523. The molecule has 0 bridgehead atoms. The summed E-state index contributed by atoms with van der Waals surface area (Å²) < 4.78 is 8.58. The van der Waals surface area contributed by atoms with Gasteiger partial charge in [-0.15, -0.1) is 0 Å². The van der Waals surface area contributed by atoms with Gasteiger partial charge in [0.25, 0.3) is 0 Å². The summed E-state index contributed by atoms with van der Waals surface area (Å²) in [5.41, 5.74) is 0. The number of ether oxygens (including phenoxy) is 2. The molecule has 0 amide bonds. The molecular formula is C3H7AlO3. The van der Waals surface area contributed by atoms with Crippen molar-refractivity contribution in [3.63, 3.8) is 0 Å². The molecule has 0 spiro atoms. The van der Waals surface area contributed by atoms with Crippen molar-refractivity contribution in [1.82, 2.24) is 0 Å². The molecule has 1 fully saturated rings. The molecule has 1 heterocycles. The molecule has 40 valence electrons. The molecule has 0 radical (unpaired) electrons. The van der Waals surface area contributed by atoms with Crippen LogP contribution in [0.4, 0.5) is 4.79 Å². The summed E-state index contributed by atoms with van der Waals surface area (Å²) in [6, 6.07) is 0. The summed E-state index contributed by atoms with van der Waals surface area (Å²) in [5, 5.41) is 0. The number of carbonyl (C=O) groups excluding carboxylic acids is 1. The third-order valence-electron chi connectivity index (χ3n) is 0.523.